The molecule has 0 saturated carbocycles. The highest BCUT2D eigenvalue weighted by Gasteiger charge is 2.03. The van der Waals surface area contributed by atoms with E-state index in [-0.39, 0.29) is 0 Å². The molecule has 0 saturated heterocycles. The third kappa shape index (κ3) is 3.09. The van der Waals surface area contributed by atoms with Gasteiger partial charge in [-0.25, -0.2) is 4.98 Å². The molecule has 2 rings (SSSR count). The molecule has 0 aromatic carbocycles. The zero-order valence-corrected chi connectivity index (χ0v) is 10.4. The van der Waals surface area contributed by atoms with E-state index >= 15 is 0 Å². The van der Waals surface area contributed by atoms with Crippen LogP contribution in [0.2, 0.25) is 0 Å². The van der Waals surface area contributed by atoms with Crippen molar-refractivity contribution in [2.24, 2.45) is 0 Å². The van der Waals surface area contributed by atoms with Crippen LogP contribution in [0.15, 0.2) is 24.7 Å². The van der Waals surface area contributed by atoms with E-state index < -0.39 is 0 Å². The molecule has 5 heteroatoms. The maximum absolute atomic E-state index is 4.47. The van der Waals surface area contributed by atoms with Crippen molar-refractivity contribution < 1.29 is 0 Å². The molecule has 0 aliphatic heterocycles. The molecule has 2 heterocycles. The Morgan fingerprint density at radius 2 is 2.24 bits per heavy atom. The van der Waals surface area contributed by atoms with Gasteiger partial charge in [0.05, 0.1) is 12.2 Å². The van der Waals surface area contributed by atoms with E-state index in [1.54, 1.807) is 6.20 Å². The third-order valence-electron chi connectivity index (χ3n) is 2.54. The average Bonchev–Trinajstić information content (AvgIpc) is 2.90. The van der Waals surface area contributed by atoms with Gasteiger partial charge < -0.3 is 9.88 Å². The summed E-state index contributed by atoms with van der Waals surface area (Å²) in [4.78, 5) is 4.47. The lowest BCUT2D eigenvalue weighted by Gasteiger charge is -2.08. The molecule has 2 aromatic heterocycles. The smallest absolute Gasteiger partial charge is 0.203 e. The highest BCUT2D eigenvalue weighted by molar-refractivity contribution is 5.28. The zero-order chi connectivity index (χ0) is 12.1. The van der Waals surface area contributed by atoms with Gasteiger partial charge in [-0.3, -0.25) is 4.68 Å². The molecule has 0 aliphatic carbocycles. The number of anilines is 1. The lowest BCUT2D eigenvalue weighted by Crippen LogP contribution is -2.14. The summed E-state index contributed by atoms with van der Waals surface area (Å²) < 4.78 is 4.07. The Morgan fingerprint density at radius 3 is 2.94 bits per heavy atom. The normalized spacial score (nSPS) is 10.7. The van der Waals surface area contributed by atoms with Crippen molar-refractivity contribution in [2.45, 2.75) is 33.4 Å². The van der Waals surface area contributed by atoms with Crippen LogP contribution in [0.5, 0.6) is 0 Å². The van der Waals surface area contributed by atoms with Crippen molar-refractivity contribution >= 4 is 5.95 Å². The van der Waals surface area contributed by atoms with Crippen LogP contribution in [0, 0.1) is 6.92 Å². The summed E-state index contributed by atoms with van der Waals surface area (Å²) in [6.07, 6.45) is 6.96. The highest BCUT2D eigenvalue weighted by Crippen LogP contribution is 2.08. The molecule has 0 atom stereocenters. The SMILES string of the molecule is CCCn1cc(C)nc1NCCn1cccn1. The van der Waals surface area contributed by atoms with E-state index in [4.69, 9.17) is 0 Å². The summed E-state index contributed by atoms with van der Waals surface area (Å²) in [6.45, 7) is 6.88. The van der Waals surface area contributed by atoms with Crippen LogP contribution in [0.4, 0.5) is 5.95 Å². The van der Waals surface area contributed by atoms with Gasteiger partial charge in [0.2, 0.25) is 5.95 Å². The van der Waals surface area contributed by atoms with Gasteiger partial charge in [-0.2, -0.15) is 5.10 Å². The van der Waals surface area contributed by atoms with E-state index in [1.807, 2.05) is 23.9 Å². The van der Waals surface area contributed by atoms with Gasteiger partial charge in [0, 0.05) is 31.7 Å². The fourth-order valence-corrected chi connectivity index (χ4v) is 1.81. The lowest BCUT2D eigenvalue weighted by atomic mass is 10.5. The lowest BCUT2D eigenvalue weighted by molar-refractivity contribution is 0.628. The van der Waals surface area contributed by atoms with E-state index in [9.17, 15) is 0 Å². The molecule has 0 spiro atoms. The number of hydrogen-bond acceptors (Lipinski definition) is 3. The second kappa shape index (κ2) is 5.52. The molecule has 0 fully saturated rings. The van der Waals surface area contributed by atoms with E-state index in [0.717, 1.165) is 37.7 Å². The molecule has 2 aromatic rings. The van der Waals surface area contributed by atoms with Crippen LogP contribution >= 0.6 is 0 Å². The number of imidazole rings is 1. The minimum Gasteiger partial charge on any atom is -0.354 e. The van der Waals surface area contributed by atoms with Crippen LogP contribution in [-0.2, 0) is 13.1 Å². The third-order valence-corrected chi connectivity index (χ3v) is 2.54. The first-order chi connectivity index (χ1) is 8.29. The Bertz CT molecular complexity index is 443. The minimum atomic E-state index is 0.835. The van der Waals surface area contributed by atoms with Crippen LogP contribution in [0.3, 0.4) is 0 Å². The van der Waals surface area contributed by atoms with Crippen molar-refractivity contribution in [1.29, 1.82) is 0 Å². The summed E-state index contributed by atoms with van der Waals surface area (Å²) in [5, 5.41) is 7.51. The molecule has 92 valence electrons. The molecular formula is C12H19N5. The summed E-state index contributed by atoms with van der Waals surface area (Å²) in [5.74, 6) is 0.955. The van der Waals surface area contributed by atoms with Gasteiger partial charge in [0.15, 0.2) is 0 Å². The number of aryl methyl sites for hydroxylation is 2. The Labute approximate surface area is 101 Å². The molecule has 0 unspecified atom stereocenters. The Hall–Kier alpha value is -1.78. The second-order valence-electron chi connectivity index (χ2n) is 4.10. The van der Waals surface area contributed by atoms with Gasteiger partial charge in [-0.05, 0) is 19.4 Å². The quantitative estimate of drug-likeness (QED) is 0.829. The average molecular weight is 233 g/mol. The van der Waals surface area contributed by atoms with Crippen LogP contribution < -0.4 is 5.32 Å². The van der Waals surface area contributed by atoms with Crippen molar-refractivity contribution in [3.8, 4) is 0 Å². The predicted octanol–water partition coefficient (Wildman–Crippen LogP) is 1.91. The summed E-state index contributed by atoms with van der Waals surface area (Å²) >= 11 is 0. The van der Waals surface area contributed by atoms with Gasteiger partial charge >= 0.3 is 0 Å². The fraction of sp³-hybridized carbons (Fsp3) is 0.500. The predicted molar refractivity (Wildman–Crippen MR) is 68.0 cm³/mol. The first-order valence-corrected chi connectivity index (χ1v) is 6.04. The first-order valence-electron chi connectivity index (χ1n) is 6.04. The number of aromatic nitrogens is 4. The number of rotatable bonds is 6. The number of hydrogen-bond donors (Lipinski definition) is 1. The molecule has 0 radical (unpaired) electrons. The maximum atomic E-state index is 4.47. The maximum Gasteiger partial charge on any atom is 0.203 e. The van der Waals surface area contributed by atoms with Gasteiger partial charge in [-0.1, -0.05) is 6.92 Å². The van der Waals surface area contributed by atoms with Crippen LogP contribution in [0.1, 0.15) is 19.0 Å². The standard InChI is InChI=1S/C12H19N5/c1-3-7-16-10-11(2)15-12(16)13-6-9-17-8-4-5-14-17/h4-5,8,10H,3,6-7,9H2,1-2H3,(H,13,15). The van der Waals surface area contributed by atoms with Crippen molar-refractivity contribution in [1.82, 2.24) is 19.3 Å². The van der Waals surface area contributed by atoms with Gasteiger partial charge in [-0.15, -0.1) is 0 Å². The minimum absolute atomic E-state index is 0.835. The Kier molecular flexibility index (Phi) is 3.80. The van der Waals surface area contributed by atoms with Crippen molar-refractivity contribution in [3.63, 3.8) is 0 Å². The van der Waals surface area contributed by atoms with E-state index in [2.05, 4.69) is 33.1 Å². The number of nitrogens with one attached hydrogen (secondary N) is 1. The molecule has 0 amide bonds. The molecule has 0 aliphatic rings. The molecule has 17 heavy (non-hydrogen) atoms. The first kappa shape index (κ1) is 11.7. The largest absolute Gasteiger partial charge is 0.354 e. The number of nitrogens with zero attached hydrogens (tertiary/aromatic N) is 4. The fourth-order valence-electron chi connectivity index (χ4n) is 1.81. The topological polar surface area (TPSA) is 47.7 Å². The second-order valence-corrected chi connectivity index (χ2v) is 4.10. The Morgan fingerprint density at radius 1 is 1.35 bits per heavy atom. The highest BCUT2D eigenvalue weighted by atomic mass is 15.3. The van der Waals surface area contributed by atoms with Crippen LogP contribution in [-0.4, -0.2) is 25.9 Å². The van der Waals surface area contributed by atoms with Crippen LogP contribution in [0.25, 0.3) is 0 Å². The van der Waals surface area contributed by atoms with E-state index in [1.165, 1.54) is 0 Å². The van der Waals surface area contributed by atoms with Crippen molar-refractivity contribution in [3.05, 3.63) is 30.4 Å². The molecule has 5 nitrogen and oxygen atoms in total. The zero-order valence-electron chi connectivity index (χ0n) is 10.4. The Balaban J connectivity index is 1.89. The summed E-state index contributed by atoms with van der Waals surface area (Å²) in [6, 6.07) is 1.93. The molecule has 0 bridgehead atoms. The molecule has 1 N–H and O–H groups in total. The van der Waals surface area contributed by atoms with Gasteiger partial charge in [0.25, 0.3) is 0 Å². The van der Waals surface area contributed by atoms with Crippen molar-refractivity contribution in [2.75, 3.05) is 11.9 Å². The molecular weight excluding hydrogens is 214 g/mol. The summed E-state index contributed by atoms with van der Waals surface area (Å²) in [7, 11) is 0. The monoisotopic (exact) mass is 233 g/mol. The summed E-state index contributed by atoms with van der Waals surface area (Å²) in [5.41, 5.74) is 1.06. The van der Waals surface area contributed by atoms with Gasteiger partial charge in [0.1, 0.15) is 0 Å². The van der Waals surface area contributed by atoms with E-state index in [0.29, 0.717) is 0 Å².